The quantitative estimate of drug-likeness (QED) is 0.840. The lowest BCUT2D eigenvalue weighted by Gasteiger charge is -2.40. The van der Waals surface area contributed by atoms with Gasteiger partial charge in [-0.05, 0) is 31.2 Å². The average Bonchev–Trinajstić information content (AvgIpc) is 2.63. The molecule has 0 aromatic heterocycles. The Morgan fingerprint density at radius 3 is 2.30 bits per heavy atom. The Kier molecular flexibility index (Phi) is 5.50. The molecule has 0 bridgehead atoms. The summed E-state index contributed by atoms with van der Waals surface area (Å²) < 4.78 is 5.44. The minimum atomic E-state index is 0.598. The largest absolute Gasteiger partial charge is 0.379 e. The highest BCUT2D eigenvalue weighted by Gasteiger charge is 2.22. The van der Waals surface area contributed by atoms with E-state index in [1.54, 1.807) is 0 Å². The van der Waals surface area contributed by atoms with Crippen LogP contribution in [-0.2, 0) is 4.74 Å². The molecule has 0 amide bonds. The predicted octanol–water partition coefficient (Wildman–Crippen LogP) is 1.40. The first-order valence-corrected chi connectivity index (χ1v) is 8.55. The highest BCUT2D eigenvalue weighted by molar-refractivity contribution is 5.50. The molecule has 5 nitrogen and oxygen atoms in total. The van der Waals surface area contributed by atoms with Gasteiger partial charge in [0, 0.05) is 57.5 Å². The molecule has 0 N–H and O–H groups in total. The molecule has 2 saturated heterocycles. The van der Waals surface area contributed by atoms with Crippen LogP contribution < -0.4 is 4.90 Å². The second-order valence-corrected chi connectivity index (χ2v) is 6.44. The van der Waals surface area contributed by atoms with Crippen molar-refractivity contribution in [3.63, 3.8) is 0 Å². The number of hydrogen-bond acceptors (Lipinski definition) is 5. The maximum Gasteiger partial charge on any atom is 0.0991 e. The number of anilines is 1. The fourth-order valence-corrected chi connectivity index (χ4v) is 3.44. The molecule has 23 heavy (non-hydrogen) atoms. The monoisotopic (exact) mass is 314 g/mol. The molecule has 5 heteroatoms. The summed E-state index contributed by atoms with van der Waals surface area (Å²) >= 11 is 0. The van der Waals surface area contributed by atoms with Crippen molar-refractivity contribution in [1.29, 1.82) is 5.26 Å². The molecule has 2 fully saturated rings. The Bertz CT molecular complexity index is 525. The summed E-state index contributed by atoms with van der Waals surface area (Å²) in [5, 5.41) is 8.88. The van der Waals surface area contributed by atoms with Gasteiger partial charge in [-0.15, -0.1) is 0 Å². The van der Waals surface area contributed by atoms with Crippen LogP contribution in [0.5, 0.6) is 0 Å². The van der Waals surface area contributed by atoms with Crippen molar-refractivity contribution in [2.75, 3.05) is 63.9 Å². The molecule has 0 unspecified atom stereocenters. The number of piperazine rings is 1. The van der Waals surface area contributed by atoms with Crippen molar-refractivity contribution < 1.29 is 4.74 Å². The van der Waals surface area contributed by atoms with E-state index in [0.29, 0.717) is 6.04 Å². The van der Waals surface area contributed by atoms with Crippen LogP contribution in [0.25, 0.3) is 0 Å². The Morgan fingerprint density at radius 2 is 1.70 bits per heavy atom. The van der Waals surface area contributed by atoms with E-state index in [-0.39, 0.29) is 0 Å². The molecule has 1 aromatic carbocycles. The maximum atomic E-state index is 8.88. The van der Waals surface area contributed by atoms with Crippen LogP contribution >= 0.6 is 0 Å². The first-order chi connectivity index (χ1) is 11.3. The molecule has 1 aromatic rings. The van der Waals surface area contributed by atoms with Gasteiger partial charge in [-0.3, -0.25) is 9.80 Å². The van der Waals surface area contributed by atoms with Crippen molar-refractivity contribution in [3.05, 3.63) is 29.8 Å². The lowest BCUT2D eigenvalue weighted by atomic mass is 10.2. The summed E-state index contributed by atoms with van der Waals surface area (Å²) in [7, 11) is 0. The van der Waals surface area contributed by atoms with Crippen molar-refractivity contribution in [3.8, 4) is 6.07 Å². The Hall–Kier alpha value is -1.61. The molecule has 0 saturated carbocycles. The second kappa shape index (κ2) is 7.78. The molecule has 0 spiro atoms. The molecule has 0 radical (unpaired) electrons. The first-order valence-electron chi connectivity index (χ1n) is 8.55. The van der Waals surface area contributed by atoms with Crippen molar-refractivity contribution >= 4 is 5.69 Å². The van der Waals surface area contributed by atoms with E-state index < -0.39 is 0 Å². The van der Waals surface area contributed by atoms with E-state index in [1.165, 1.54) is 5.69 Å². The van der Waals surface area contributed by atoms with Crippen LogP contribution in [0.2, 0.25) is 0 Å². The van der Waals surface area contributed by atoms with Gasteiger partial charge in [0.2, 0.25) is 0 Å². The third kappa shape index (κ3) is 4.23. The molecule has 2 aliphatic heterocycles. The minimum absolute atomic E-state index is 0.598. The van der Waals surface area contributed by atoms with Crippen LogP contribution in [0.1, 0.15) is 12.5 Å². The van der Waals surface area contributed by atoms with Gasteiger partial charge in [-0.1, -0.05) is 0 Å². The minimum Gasteiger partial charge on any atom is -0.379 e. The van der Waals surface area contributed by atoms with Crippen LogP contribution in [0.3, 0.4) is 0 Å². The zero-order chi connectivity index (χ0) is 16.1. The number of hydrogen-bond donors (Lipinski definition) is 0. The van der Waals surface area contributed by atoms with Crippen molar-refractivity contribution in [2.45, 2.75) is 13.0 Å². The van der Waals surface area contributed by atoms with E-state index in [1.807, 2.05) is 12.1 Å². The van der Waals surface area contributed by atoms with Gasteiger partial charge in [0.25, 0.3) is 0 Å². The van der Waals surface area contributed by atoms with Crippen molar-refractivity contribution in [2.24, 2.45) is 0 Å². The molecule has 3 rings (SSSR count). The molecule has 0 aliphatic carbocycles. The summed E-state index contributed by atoms with van der Waals surface area (Å²) in [6.07, 6.45) is 0. The summed E-state index contributed by atoms with van der Waals surface area (Å²) in [5.74, 6) is 0. The van der Waals surface area contributed by atoms with Crippen LogP contribution in [0, 0.1) is 11.3 Å². The van der Waals surface area contributed by atoms with Gasteiger partial charge in [0.1, 0.15) is 0 Å². The van der Waals surface area contributed by atoms with Gasteiger partial charge >= 0.3 is 0 Å². The number of nitriles is 1. The lowest BCUT2D eigenvalue weighted by Crippen LogP contribution is -2.52. The summed E-state index contributed by atoms with van der Waals surface area (Å²) in [4.78, 5) is 7.52. The maximum absolute atomic E-state index is 8.88. The molecule has 1 atom stereocenters. The van der Waals surface area contributed by atoms with E-state index >= 15 is 0 Å². The number of morpholine rings is 1. The fraction of sp³-hybridized carbons (Fsp3) is 0.611. The van der Waals surface area contributed by atoms with Crippen LogP contribution in [-0.4, -0.2) is 74.9 Å². The standard InChI is InChI=1S/C18H26N4O/c1-16(21-10-12-23-13-11-21)15-20-6-8-22(9-7-20)18-4-2-17(14-19)3-5-18/h2-5,16H,6-13,15H2,1H3/t16-/m1/s1. The van der Waals surface area contributed by atoms with Gasteiger partial charge in [-0.25, -0.2) is 0 Å². The van der Waals surface area contributed by atoms with E-state index in [2.05, 4.69) is 39.8 Å². The summed E-state index contributed by atoms with van der Waals surface area (Å²) in [5.41, 5.74) is 1.96. The molecule has 2 heterocycles. The normalized spacial score (nSPS) is 21.8. The Balaban J connectivity index is 1.47. The third-order valence-corrected chi connectivity index (χ3v) is 4.93. The Labute approximate surface area is 139 Å². The second-order valence-electron chi connectivity index (χ2n) is 6.44. The number of rotatable bonds is 4. The fourth-order valence-electron chi connectivity index (χ4n) is 3.44. The van der Waals surface area contributed by atoms with Crippen molar-refractivity contribution in [1.82, 2.24) is 9.80 Å². The number of benzene rings is 1. The highest BCUT2D eigenvalue weighted by atomic mass is 16.5. The first kappa shape index (κ1) is 16.3. The zero-order valence-electron chi connectivity index (χ0n) is 13.9. The lowest BCUT2D eigenvalue weighted by molar-refractivity contribution is 0.0121. The van der Waals surface area contributed by atoms with E-state index in [9.17, 15) is 0 Å². The average molecular weight is 314 g/mol. The van der Waals surface area contributed by atoms with Gasteiger partial charge in [0.05, 0.1) is 24.8 Å². The zero-order valence-corrected chi connectivity index (χ0v) is 13.9. The van der Waals surface area contributed by atoms with Gasteiger partial charge in [0.15, 0.2) is 0 Å². The molecule has 2 aliphatic rings. The Morgan fingerprint density at radius 1 is 1.04 bits per heavy atom. The molecular weight excluding hydrogens is 288 g/mol. The van der Waals surface area contributed by atoms with E-state index in [0.717, 1.165) is 64.6 Å². The summed E-state index contributed by atoms with van der Waals surface area (Å²) in [6, 6.07) is 10.7. The van der Waals surface area contributed by atoms with Gasteiger partial charge < -0.3 is 9.64 Å². The predicted molar refractivity (Wildman–Crippen MR) is 91.7 cm³/mol. The molecular formula is C18H26N4O. The SMILES string of the molecule is C[C@H](CN1CCN(c2ccc(C#N)cc2)CC1)N1CCOCC1. The smallest absolute Gasteiger partial charge is 0.0991 e. The summed E-state index contributed by atoms with van der Waals surface area (Å²) in [6.45, 7) is 11.7. The third-order valence-electron chi connectivity index (χ3n) is 4.93. The molecule has 124 valence electrons. The number of ether oxygens (including phenoxy) is 1. The van der Waals surface area contributed by atoms with Crippen LogP contribution in [0.15, 0.2) is 24.3 Å². The van der Waals surface area contributed by atoms with E-state index in [4.69, 9.17) is 10.00 Å². The topological polar surface area (TPSA) is 42.7 Å². The number of nitrogens with zero attached hydrogens (tertiary/aromatic N) is 4. The van der Waals surface area contributed by atoms with Crippen LogP contribution in [0.4, 0.5) is 5.69 Å². The highest BCUT2D eigenvalue weighted by Crippen LogP contribution is 2.17. The van der Waals surface area contributed by atoms with Gasteiger partial charge in [-0.2, -0.15) is 5.26 Å².